The van der Waals surface area contributed by atoms with Crippen molar-refractivity contribution in [1.82, 2.24) is 5.43 Å². The maximum Gasteiger partial charge on any atom is 0.280 e. The third-order valence-corrected chi connectivity index (χ3v) is 3.63. The summed E-state index contributed by atoms with van der Waals surface area (Å²) < 4.78 is 37.5. The normalized spacial score (nSPS) is 12.1. The van der Waals surface area contributed by atoms with Crippen LogP contribution in [0.1, 0.15) is 12.7 Å². The van der Waals surface area contributed by atoms with E-state index in [0.717, 1.165) is 0 Å². The molecule has 0 unspecified atom stereocenters. The monoisotopic (exact) mass is 370 g/mol. The molecular formula is C20H16F2N2O3. The second-order valence-corrected chi connectivity index (χ2v) is 5.63. The largest absolute Gasteiger partial charge is 0.481 e. The average Bonchev–Trinajstić information content (AvgIpc) is 3.12. The van der Waals surface area contributed by atoms with Crippen LogP contribution in [0.3, 0.4) is 0 Å². The number of amides is 1. The molecule has 3 aromatic rings. The van der Waals surface area contributed by atoms with Crippen LogP contribution >= 0.6 is 0 Å². The Bertz CT molecular complexity index is 952. The first kappa shape index (κ1) is 18.3. The lowest BCUT2D eigenvalue weighted by Gasteiger charge is -2.12. The van der Waals surface area contributed by atoms with Crippen molar-refractivity contribution < 1.29 is 22.7 Å². The molecule has 1 atom stereocenters. The van der Waals surface area contributed by atoms with Crippen LogP contribution in [0.25, 0.3) is 11.3 Å². The molecule has 0 bridgehead atoms. The first-order valence-electron chi connectivity index (χ1n) is 8.13. The van der Waals surface area contributed by atoms with E-state index in [9.17, 15) is 13.6 Å². The lowest BCUT2D eigenvalue weighted by Crippen LogP contribution is -2.33. The predicted octanol–water partition coefficient (Wildman–Crippen LogP) is 4.14. The molecule has 1 aromatic heterocycles. The Kier molecular flexibility index (Phi) is 5.61. The standard InChI is InChI=1S/C20H16F2N2O3/c1-13(26-15-8-6-14(21)7-9-15)20(25)24-23-12-16-10-11-19(27-16)17-4-2-3-5-18(17)22/h2-13H,1H3,(H,24,25)/b23-12-/t13-/m0/s1. The van der Waals surface area contributed by atoms with Gasteiger partial charge < -0.3 is 9.15 Å². The van der Waals surface area contributed by atoms with Crippen LogP contribution in [0.15, 0.2) is 70.2 Å². The summed E-state index contributed by atoms with van der Waals surface area (Å²) in [5.74, 6) is -0.206. The Hall–Kier alpha value is -3.48. The van der Waals surface area contributed by atoms with Gasteiger partial charge in [0, 0.05) is 0 Å². The quantitative estimate of drug-likeness (QED) is 0.524. The van der Waals surface area contributed by atoms with Crippen LogP contribution in [0.5, 0.6) is 5.75 Å². The van der Waals surface area contributed by atoms with E-state index < -0.39 is 23.6 Å². The zero-order valence-electron chi connectivity index (χ0n) is 14.4. The molecule has 27 heavy (non-hydrogen) atoms. The predicted molar refractivity (Wildman–Crippen MR) is 96.3 cm³/mol. The second kappa shape index (κ2) is 8.27. The van der Waals surface area contributed by atoms with Gasteiger partial charge in [0.1, 0.15) is 28.9 Å². The van der Waals surface area contributed by atoms with E-state index in [1.54, 1.807) is 30.3 Å². The molecule has 3 rings (SSSR count). The SMILES string of the molecule is C[C@H](Oc1ccc(F)cc1)C(=O)N/N=C\c1ccc(-c2ccccc2F)o1. The van der Waals surface area contributed by atoms with Crippen molar-refractivity contribution in [1.29, 1.82) is 0 Å². The number of benzene rings is 2. The summed E-state index contributed by atoms with van der Waals surface area (Å²) in [4.78, 5) is 12.0. The van der Waals surface area contributed by atoms with Crippen LogP contribution < -0.4 is 10.2 Å². The number of ether oxygens (including phenoxy) is 1. The molecule has 0 saturated heterocycles. The molecule has 138 valence electrons. The summed E-state index contributed by atoms with van der Waals surface area (Å²) in [5, 5.41) is 3.80. The number of rotatable bonds is 6. The Morgan fingerprint density at radius 1 is 1.11 bits per heavy atom. The fraction of sp³-hybridized carbons (Fsp3) is 0.100. The molecule has 7 heteroatoms. The number of carbonyl (C=O) groups is 1. The molecule has 5 nitrogen and oxygen atoms in total. The maximum atomic E-state index is 13.7. The first-order chi connectivity index (χ1) is 13.0. The van der Waals surface area contributed by atoms with Gasteiger partial charge in [-0.3, -0.25) is 4.79 Å². The molecule has 0 fully saturated rings. The summed E-state index contributed by atoms with van der Waals surface area (Å²) >= 11 is 0. The number of carbonyl (C=O) groups excluding carboxylic acids is 1. The zero-order valence-corrected chi connectivity index (χ0v) is 14.4. The highest BCUT2D eigenvalue weighted by molar-refractivity contribution is 5.83. The second-order valence-electron chi connectivity index (χ2n) is 5.63. The molecule has 0 aliphatic rings. The minimum Gasteiger partial charge on any atom is -0.481 e. The molecule has 0 saturated carbocycles. The van der Waals surface area contributed by atoms with Crippen LogP contribution in [-0.4, -0.2) is 18.2 Å². The maximum absolute atomic E-state index is 13.7. The number of furan rings is 1. The molecule has 0 aliphatic heterocycles. The van der Waals surface area contributed by atoms with Crippen LogP contribution in [0.4, 0.5) is 8.78 Å². The highest BCUT2D eigenvalue weighted by Crippen LogP contribution is 2.24. The summed E-state index contributed by atoms with van der Waals surface area (Å²) in [6, 6.07) is 14.8. The summed E-state index contributed by atoms with van der Waals surface area (Å²) in [5.41, 5.74) is 2.66. The Labute approximate surface area is 154 Å². The molecule has 0 spiro atoms. The number of hydrogen-bond donors (Lipinski definition) is 1. The van der Waals surface area contributed by atoms with Crippen molar-refractivity contribution in [2.75, 3.05) is 0 Å². The number of nitrogens with one attached hydrogen (secondary N) is 1. The van der Waals surface area contributed by atoms with Crippen molar-refractivity contribution in [3.63, 3.8) is 0 Å². The summed E-state index contributed by atoms with van der Waals surface area (Å²) in [6.07, 6.45) is 0.463. The smallest absolute Gasteiger partial charge is 0.280 e. The summed E-state index contributed by atoms with van der Waals surface area (Å²) in [7, 11) is 0. The number of nitrogens with zero attached hydrogens (tertiary/aromatic N) is 1. The Morgan fingerprint density at radius 2 is 1.85 bits per heavy atom. The molecule has 1 N–H and O–H groups in total. The van der Waals surface area contributed by atoms with Gasteiger partial charge in [-0.25, -0.2) is 14.2 Å². The van der Waals surface area contributed by atoms with Crippen LogP contribution in [0, 0.1) is 11.6 Å². The van der Waals surface area contributed by atoms with Gasteiger partial charge in [0.15, 0.2) is 6.10 Å². The lowest BCUT2D eigenvalue weighted by molar-refractivity contribution is -0.127. The minimum atomic E-state index is -0.835. The Balaban J connectivity index is 1.56. The van der Waals surface area contributed by atoms with Gasteiger partial charge in [0.25, 0.3) is 5.91 Å². The minimum absolute atomic E-state index is 0.336. The molecule has 2 aromatic carbocycles. The van der Waals surface area contributed by atoms with E-state index in [1.165, 1.54) is 43.5 Å². The Morgan fingerprint density at radius 3 is 2.59 bits per heavy atom. The lowest BCUT2D eigenvalue weighted by atomic mass is 10.1. The first-order valence-corrected chi connectivity index (χ1v) is 8.13. The number of hydrogen-bond acceptors (Lipinski definition) is 4. The van der Waals surface area contributed by atoms with Gasteiger partial charge in [-0.1, -0.05) is 12.1 Å². The van der Waals surface area contributed by atoms with Gasteiger partial charge >= 0.3 is 0 Å². The van der Waals surface area contributed by atoms with E-state index in [-0.39, 0.29) is 0 Å². The van der Waals surface area contributed by atoms with E-state index in [2.05, 4.69) is 10.5 Å². The van der Waals surface area contributed by atoms with E-state index in [0.29, 0.717) is 22.8 Å². The van der Waals surface area contributed by atoms with Crippen LogP contribution in [-0.2, 0) is 4.79 Å². The molecule has 0 radical (unpaired) electrons. The van der Waals surface area contributed by atoms with Gasteiger partial charge in [-0.2, -0.15) is 5.10 Å². The van der Waals surface area contributed by atoms with Gasteiger partial charge in [0.05, 0.1) is 11.8 Å². The topological polar surface area (TPSA) is 63.8 Å². The van der Waals surface area contributed by atoms with Crippen molar-refractivity contribution in [3.05, 3.63) is 78.1 Å². The van der Waals surface area contributed by atoms with Crippen molar-refractivity contribution in [3.8, 4) is 17.1 Å². The molecule has 1 amide bonds. The molecular weight excluding hydrogens is 354 g/mol. The van der Waals surface area contributed by atoms with Crippen molar-refractivity contribution in [2.24, 2.45) is 5.10 Å². The van der Waals surface area contributed by atoms with Gasteiger partial charge in [0.2, 0.25) is 0 Å². The van der Waals surface area contributed by atoms with Gasteiger partial charge in [-0.15, -0.1) is 0 Å². The van der Waals surface area contributed by atoms with Crippen molar-refractivity contribution >= 4 is 12.1 Å². The van der Waals surface area contributed by atoms with Crippen LogP contribution in [0.2, 0.25) is 0 Å². The van der Waals surface area contributed by atoms with E-state index in [4.69, 9.17) is 9.15 Å². The molecule has 1 heterocycles. The van der Waals surface area contributed by atoms with E-state index in [1.807, 2.05) is 0 Å². The zero-order chi connectivity index (χ0) is 19.2. The average molecular weight is 370 g/mol. The van der Waals surface area contributed by atoms with E-state index >= 15 is 0 Å². The highest BCUT2D eigenvalue weighted by Gasteiger charge is 2.14. The fourth-order valence-corrected chi connectivity index (χ4v) is 2.25. The number of halogens is 2. The third-order valence-electron chi connectivity index (χ3n) is 3.63. The summed E-state index contributed by atoms with van der Waals surface area (Å²) in [6.45, 7) is 1.54. The number of hydrazone groups is 1. The van der Waals surface area contributed by atoms with Gasteiger partial charge in [-0.05, 0) is 55.5 Å². The highest BCUT2D eigenvalue weighted by atomic mass is 19.1. The molecule has 0 aliphatic carbocycles. The van der Waals surface area contributed by atoms with Crippen molar-refractivity contribution in [2.45, 2.75) is 13.0 Å². The third kappa shape index (κ3) is 4.78. The fourth-order valence-electron chi connectivity index (χ4n) is 2.25.